The molecule has 1 fully saturated rings. The first-order valence-electron chi connectivity index (χ1n) is 14.1. The summed E-state index contributed by atoms with van der Waals surface area (Å²) >= 11 is 0. The van der Waals surface area contributed by atoms with Crippen LogP contribution in [0.4, 0.5) is 0 Å². The molecule has 0 bridgehead atoms. The Bertz CT molecular complexity index is 1530. The fourth-order valence-corrected chi connectivity index (χ4v) is 7.43. The first-order chi connectivity index (χ1) is 20.3. The van der Waals surface area contributed by atoms with Crippen LogP contribution in [0.1, 0.15) is 36.0 Å². The van der Waals surface area contributed by atoms with E-state index in [0.29, 0.717) is 32.1 Å². The number of rotatable bonds is 11. The smallest absolute Gasteiger partial charge is 0.326 e. The molecule has 0 aliphatic carbocycles. The maximum absolute atomic E-state index is 13.4. The highest BCUT2D eigenvalue weighted by molar-refractivity contribution is 7.91. The fourth-order valence-electron chi connectivity index (χ4n) is 5.43. The molecule has 5 rings (SSSR count). The van der Waals surface area contributed by atoms with Crippen molar-refractivity contribution in [2.75, 3.05) is 39.5 Å². The largest absolute Gasteiger partial charge is 0.480 e. The molecule has 1 aromatic heterocycles. The molecule has 1 N–H and O–H groups in total. The summed E-state index contributed by atoms with van der Waals surface area (Å²) in [6.45, 7) is 4.03. The summed E-state index contributed by atoms with van der Waals surface area (Å²) in [4.78, 5) is 16.8. The summed E-state index contributed by atoms with van der Waals surface area (Å²) in [6.07, 6.45) is 2.30. The molecule has 9 nitrogen and oxygen atoms in total. The number of aromatic nitrogens is 1. The Morgan fingerprint density at radius 1 is 1.05 bits per heavy atom. The number of sulfonamides is 1. The Morgan fingerprint density at radius 2 is 1.83 bits per heavy atom. The standard InChI is InChI=1S/C32H36N2O7S/c1-24-22-27(26-12-16-34(17-13-26)42(37,38)32(31(35)36)14-18-39-19-15-32)10-11-28(24)29-8-5-9-30(33-29)41-21-20-40-23-25-6-3-2-4-7-25/h2-12,22H,13-21,23H2,1H3,(H,35,36). The van der Waals surface area contributed by atoms with Crippen molar-refractivity contribution < 1.29 is 32.5 Å². The summed E-state index contributed by atoms with van der Waals surface area (Å²) < 4.78 is 43.1. The minimum Gasteiger partial charge on any atom is -0.480 e. The number of hydrogen-bond acceptors (Lipinski definition) is 7. The number of pyridine rings is 1. The van der Waals surface area contributed by atoms with Gasteiger partial charge in [-0.2, -0.15) is 4.31 Å². The molecule has 2 aromatic carbocycles. The Hall–Kier alpha value is -3.57. The molecular formula is C32H36N2O7S. The highest BCUT2D eigenvalue weighted by atomic mass is 32.2. The zero-order chi connectivity index (χ0) is 29.6. The summed E-state index contributed by atoms with van der Waals surface area (Å²) in [6, 6.07) is 21.8. The van der Waals surface area contributed by atoms with Crippen molar-refractivity contribution in [1.82, 2.24) is 9.29 Å². The van der Waals surface area contributed by atoms with Crippen LogP contribution in [0.3, 0.4) is 0 Å². The SMILES string of the molecule is Cc1cc(C2=CCN(S(=O)(=O)C3(C(=O)O)CCOCC3)CC2)ccc1-c1cccc(OCCOCc2ccccc2)n1. The molecule has 222 valence electrons. The minimum absolute atomic E-state index is 0.0410. The zero-order valence-electron chi connectivity index (χ0n) is 23.7. The summed E-state index contributed by atoms with van der Waals surface area (Å²) in [5.41, 5.74) is 5.97. The number of carboxylic acid groups (broad SMARTS) is 1. The van der Waals surface area contributed by atoms with Gasteiger partial charge in [0.2, 0.25) is 15.9 Å². The second kappa shape index (κ2) is 13.2. The van der Waals surface area contributed by atoms with Crippen molar-refractivity contribution in [3.05, 3.63) is 89.5 Å². The van der Waals surface area contributed by atoms with Gasteiger partial charge in [-0.3, -0.25) is 4.79 Å². The Kier molecular flexibility index (Phi) is 9.37. The van der Waals surface area contributed by atoms with Crippen molar-refractivity contribution >= 4 is 21.6 Å². The molecule has 42 heavy (non-hydrogen) atoms. The number of benzene rings is 2. The molecule has 3 heterocycles. The van der Waals surface area contributed by atoms with Crippen LogP contribution in [-0.4, -0.2) is 73.0 Å². The number of aliphatic carboxylic acids is 1. The van der Waals surface area contributed by atoms with E-state index in [1.54, 1.807) is 0 Å². The van der Waals surface area contributed by atoms with Crippen LogP contribution in [0.2, 0.25) is 0 Å². The van der Waals surface area contributed by atoms with E-state index in [-0.39, 0.29) is 39.1 Å². The van der Waals surface area contributed by atoms with Gasteiger partial charge in [-0.05, 0) is 41.7 Å². The predicted molar refractivity (Wildman–Crippen MR) is 160 cm³/mol. The van der Waals surface area contributed by atoms with Crippen molar-refractivity contribution in [3.63, 3.8) is 0 Å². The molecule has 10 heteroatoms. The van der Waals surface area contributed by atoms with E-state index in [2.05, 4.69) is 11.1 Å². The van der Waals surface area contributed by atoms with Crippen LogP contribution in [0, 0.1) is 6.92 Å². The average molecular weight is 593 g/mol. The highest BCUT2D eigenvalue weighted by Crippen LogP contribution is 2.36. The van der Waals surface area contributed by atoms with Gasteiger partial charge in [0.05, 0.1) is 18.9 Å². The molecule has 0 unspecified atom stereocenters. The van der Waals surface area contributed by atoms with Crippen LogP contribution in [0.5, 0.6) is 5.88 Å². The fraction of sp³-hybridized carbons (Fsp3) is 0.375. The highest BCUT2D eigenvalue weighted by Gasteiger charge is 2.54. The Labute approximate surface area is 246 Å². The lowest BCUT2D eigenvalue weighted by atomic mass is 9.95. The third-order valence-corrected chi connectivity index (χ3v) is 10.5. The average Bonchev–Trinajstić information content (AvgIpc) is 3.02. The van der Waals surface area contributed by atoms with Crippen LogP contribution in [0.15, 0.2) is 72.8 Å². The van der Waals surface area contributed by atoms with Crippen LogP contribution in [0.25, 0.3) is 16.8 Å². The summed E-state index contributed by atoms with van der Waals surface area (Å²) in [5.74, 6) is -0.773. The van der Waals surface area contributed by atoms with Gasteiger partial charge in [-0.15, -0.1) is 0 Å². The van der Waals surface area contributed by atoms with E-state index in [4.69, 9.17) is 14.2 Å². The number of nitrogens with zero attached hydrogens (tertiary/aromatic N) is 2. The monoisotopic (exact) mass is 592 g/mol. The van der Waals surface area contributed by atoms with Gasteiger partial charge >= 0.3 is 5.97 Å². The molecule has 0 atom stereocenters. The quantitative estimate of drug-likeness (QED) is 0.319. The second-order valence-corrected chi connectivity index (χ2v) is 12.8. The van der Waals surface area contributed by atoms with Gasteiger partial charge in [0.15, 0.2) is 4.75 Å². The molecule has 2 aliphatic heterocycles. The van der Waals surface area contributed by atoms with Crippen molar-refractivity contribution in [2.45, 2.75) is 37.5 Å². The molecular weight excluding hydrogens is 556 g/mol. The first-order valence-corrected chi connectivity index (χ1v) is 15.6. The number of carboxylic acids is 1. The maximum atomic E-state index is 13.4. The Morgan fingerprint density at radius 3 is 2.52 bits per heavy atom. The van der Waals surface area contributed by atoms with Crippen molar-refractivity contribution in [1.29, 1.82) is 0 Å². The van der Waals surface area contributed by atoms with E-state index in [9.17, 15) is 18.3 Å². The molecule has 3 aromatic rings. The molecule has 0 spiro atoms. The van der Waals surface area contributed by atoms with Crippen LogP contribution >= 0.6 is 0 Å². The zero-order valence-corrected chi connectivity index (χ0v) is 24.5. The second-order valence-electron chi connectivity index (χ2n) is 10.5. The maximum Gasteiger partial charge on any atom is 0.326 e. The van der Waals surface area contributed by atoms with E-state index in [1.807, 2.05) is 73.7 Å². The molecule has 0 amide bonds. The molecule has 1 saturated heterocycles. The molecule has 0 saturated carbocycles. The molecule has 0 radical (unpaired) electrons. The van der Waals surface area contributed by atoms with Gasteiger partial charge in [-0.25, -0.2) is 13.4 Å². The first kappa shape index (κ1) is 29.9. The normalized spacial score (nSPS) is 17.4. The van der Waals surface area contributed by atoms with Gasteiger partial charge in [0.1, 0.15) is 6.61 Å². The minimum atomic E-state index is -4.05. The van der Waals surface area contributed by atoms with Crippen LogP contribution in [-0.2, 0) is 30.9 Å². The predicted octanol–water partition coefficient (Wildman–Crippen LogP) is 4.71. The van der Waals surface area contributed by atoms with Gasteiger partial charge < -0.3 is 19.3 Å². The summed E-state index contributed by atoms with van der Waals surface area (Å²) in [5, 5.41) is 9.86. The van der Waals surface area contributed by atoms with Gasteiger partial charge in [0.25, 0.3) is 0 Å². The number of carbonyl (C=O) groups is 1. The molecule has 2 aliphatic rings. The lowest BCUT2D eigenvalue weighted by Crippen LogP contribution is -2.56. The van der Waals surface area contributed by atoms with Crippen molar-refractivity contribution in [3.8, 4) is 17.1 Å². The topological polar surface area (TPSA) is 115 Å². The van der Waals surface area contributed by atoms with Gasteiger partial charge in [0, 0.05) is 50.8 Å². The van der Waals surface area contributed by atoms with Crippen molar-refractivity contribution in [2.24, 2.45) is 0 Å². The third kappa shape index (κ3) is 6.42. The number of aryl methyl sites for hydroxylation is 1. The summed E-state index contributed by atoms with van der Waals surface area (Å²) in [7, 11) is -4.05. The van der Waals surface area contributed by atoms with E-state index < -0.39 is 20.7 Å². The lowest BCUT2D eigenvalue weighted by Gasteiger charge is -2.38. The van der Waals surface area contributed by atoms with Gasteiger partial charge in [-0.1, -0.05) is 60.7 Å². The number of ether oxygens (including phenoxy) is 3. The number of hydrogen-bond donors (Lipinski definition) is 1. The third-order valence-electron chi connectivity index (χ3n) is 7.88. The van der Waals surface area contributed by atoms with Crippen LogP contribution < -0.4 is 4.74 Å². The van der Waals surface area contributed by atoms with E-state index >= 15 is 0 Å². The van der Waals surface area contributed by atoms with E-state index in [1.165, 1.54) is 4.31 Å². The van der Waals surface area contributed by atoms with E-state index in [0.717, 1.165) is 33.5 Å². The lowest BCUT2D eigenvalue weighted by molar-refractivity contribution is -0.142. The Balaban J connectivity index is 1.21.